The van der Waals surface area contributed by atoms with Crippen LogP contribution in [-0.2, 0) is 11.3 Å². The molecule has 2 aliphatic heterocycles. The highest BCUT2D eigenvalue weighted by Crippen LogP contribution is 2.32. The maximum absolute atomic E-state index is 12.7. The summed E-state index contributed by atoms with van der Waals surface area (Å²) in [4.78, 5) is 15.6. The number of quaternary nitrogens is 2. The van der Waals surface area contributed by atoms with Crippen molar-refractivity contribution in [3.63, 3.8) is 0 Å². The number of halogens is 1. The van der Waals surface area contributed by atoms with Gasteiger partial charge in [-0.05, 0) is 49.7 Å². The quantitative estimate of drug-likeness (QED) is 0.671. The topological polar surface area (TPSA) is 56.4 Å². The van der Waals surface area contributed by atoms with Gasteiger partial charge in [-0.1, -0.05) is 17.7 Å². The minimum Gasteiger partial charge on any atom is -0.454 e. The highest BCUT2D eigenvalue weighted by atomic mass is 35.5. The first-order valence-corrected chi connectivity index (χ1v) is 10.5. The summed E-state index contributed by atoms with van der Waals surface area (Å²) < 4.78 is 10.9. The van der Waals surface area contributed by atoms with Crippen molar-refractivity contribution in [3.8, 4) is 11.5 Å². The number of hydrogen-bond donors (Lipinski definition) is 3. The minimum absolute atomic E-state index is 0.0459. The highest BCUT2D eigenvalue weighted by Gasteiger charge is 2.31. The summed E-state index contributed by atoms with van der Waals surface area (Å²) in [6.07, 6.45) is 0. The van der Waals surface area contributed by atoms with Crippen LogP contribution in [0.5, 0.6) is 11.5 Å². The Bertz CT molecular complexity index is 897. The lowest BCUT2D eigenvalue weighted by Gasteiger charge is -2.32. The molecule has 1 atom stereocenters. The molecule has 1 fully saturated rings. The lowest BCUT2D eigenvalue weighted by atomic mass is 10.1. The predicted octanol–water partition coefficient (Wildman–Crippen LogP) is 0.688. The number of benzene rings is 2. The average Bonchev–Trinajstić information content (AvgIpc) is 3.18. The fourth-order valence-corrected chi connectivity index (χ4v) is 4.20. The van der Waals surface area contributed by atoms with E-state index in [0.29, 0.717) is 11.8 Å². The van der Waals surface area contributed by atoms with E-state index >= 15 is 0 Å². The van der Waals surface area contributed by atoms with Crippen LogP contribution >= 0.6 is 11.6 Å². The zero-order valence-corrected chi connectivity index (χ0v) is 17.6. The van der Waals surface area contributed by atoms with Crippen molar-refractivity contribution < 1.29 is 24.1 Å². The second-order valence-electron chi connectivity index (χ2n) is 7.94. The molecule has 0 spiro atoms. The van der Waals surface area contributed by atoms with Gasteiger partial charge in [0.15, 0.2) is 17.5 Å². The molecule has 1 amide bonds. The molecule has 3 N–H and O–H groups in total. The van der Waals surface area contributed by atoms with Crippen LogP contribution in [0.25, 0.3) is 0 Å². The summed E-state index contributed by atoms with van der Waals surface area (Å²) in [6.45, 7) is 9.28. The zero-order chi connectivity index (χ0) is 20.4. The highest BCUT2D eigenvalue weighted by molar-refractivity contribution is 6.31. The van der Waals surface area contributed by atoms with E-state index in [1.165, 1.54) is 15.4 Å². The molecule has 0 saturated carbocycles. The fraction of sp³-hybridized carbons (Fsp3) is 0.409. The number of hydrogen-bond acceptors (Lipinski definition) is 3. The molecule has 1 saturated heterocycles. The van der Waals surface area contributed by atoms with Crippen LogP contribution in [0.3, 0.4) is 0 Å². The molecule has 4 rings (SSSR count). The molecular formula is C22H28ClN3O3+2. The number of carbonyl (C=O) groups excluding carboxylic acids is 1. The predicted molar refractivity (Wildman–Crippen MR) is 112 cm³/mol. The normalized spacial score (nSPS) is 21.6. The number of aryl methyl sites for hydroxylation is 1. The summed E-state index contributed by atoms with van der Waals surface area (Å²) in [5.74, 6) is 1.71. The Kier molecular flexibility index (Phi) is 5.94. The molecule has 154 valence electrons. The van der Waals surface area contributed by atoms with Crippen molar-refractivity contribution in [3.05, 3.63) is 52.5 Å². The van der Waals surface area contributed by atoms with E-state index < -0.39 is 0 Å². The van der Waals surface area contributed by atoms with Gasteiger partial charge in [0.1, 0.15) is 32.7 Å². The van der Waals surface area contributed by atoms with Crippen LogP contribution < -0.4 is 24.6 Å². The Morgan fingerprint density at radius 3 is 2.66 bits per heavy atom. The summed E-state index contributed by atoms with van der Waals surface area (Å²) in [6, 6.07) is 11.7. The second-order valence-corrected chi connectivity index (χ2v) is 8.38. The van der Waals surface area contributed by atoms with E-state index in [9.17, 15) is 4.79 Å². The first-order valence-electron chi connectivity index (χ1n) is 10.1. The van der Waals surface area contributed by atoms with Gasteiger partial charge in [0.25, 0.3) is 5.91 Å². The standard InChI is InChI=1S/C22H26ClN3O3/c1-15-3-5-18(23)12-19(15)24-22(27)16(2)26-9-7-25(8-10-26)13-17-4-6-20-21(11-17)29-14-28-20/h3-6,11-12,16H,7-10,13-14H2,1-2H3,(H,24,27)/p+2/t16-/m0/s1. The van der Waals surface area contributed by atoms with Gasteiger partial charge in [-0.25, -0.2) is 0 Å². The summed E-state index contributed by atoms with van der Waals surface area (Å²) in [7, 11) is 0. The maximum atomic E-state index is 12.7. The van der Waals surface area contributed by atoms with Gasteiger partial charge < -0.3 is 24.6 Å². The van der Waals surface area contributed by atoms with E-state index in [1.807, 2.05) is 38.1 Å². The van der Waals surface area contributed by atoms with Crippen molar-refractivity contribution in [2.75, 3.05) is 38.3 Å². The number of piperazine rings is 1. The van der Waals surface area contributed by atoms with Crippen LogP contribution in [0.2, 0.25) is 5.02 Å². The van der Waals surface area contributed by atoms with E-state index in [-0.39, 0.29) is 11.9 Å². The summed E-state index contributed by atoms with van der Waals surface area (Å²) in [5.41, 5.74) is 3.07. The smallest absolute Gasteiger partial charge is 0.282 e. The molecule has 2 heterocycles. The molecule has 0 aromatic heterocycles. The number of nitrogens with one attached hydrogen (secondary N) is 3. The first-order chi connectivity index (χ1) is 14.0. The van der Waals surface area contributed by atoms with Crippen molar-refractivity contribution >= 4 is 23.2 Å². The van der Waals surface area contributed by atoms with Gasteiger partial charge >= 0.3 is 0 Å². The second kappa shape index (κ2) is 8.61. The molecule has 0 aliphatic carbocycles. The number of ether oxygens (including phenoxy) is 2. The van der Waals surface area contributed by atoms with Gasteiger partial charge in [-0.15, -0.1) is 0 Å². The van der Waals surface area contributed by atoms with Gasteiger partial charge in [0, 0.05) is 16.3 Å². The lowest BCUT2D eigenvalue weighted by Crippen LogP contribution is -3.29. The van der Waals surface area contributed by atoms with Crippen molar-refractivity contribution in [1.82, 2.24) is 0 Å². The number of amides is 1. The number of anilines is 1. The van der Waals surface area contributed by atoms with Gasteiger partial charge in [0.05, 0.1) is 0 Å². The van der Waals surface area contributed by atoms with Crippen LogP contribution in [0.4, 0.5) is 5.69 Å². The van der Waals surface area contributed by atoms with Crippen LogP contribution in [-0.4, -0.2) is 44.9 Å². The third kappa shape index (κ3) is 4.66. The molecule has 0 unspecified atom stereocenters. The molecular weight excluding hydrogens is 390 g/mol. The lowest BCUT2D eigenvalue weighted by molar-refractivity contribution is -1.02. The SMILES string of the molecule is Cc1ccc(Cl)cc1NC(=O)[C@H](C)[NH+]1CC[NH+](Cc2ccc3c(c2)OCO3)CC1. The number of rotatable bonds is 5. The van der Waals surface area contributed by atoms with Gasteiger partial charge in [-0.3, -0.25) is 4.79 Å². The Labute approximate surface area is 176 Å². The van der Waals surface area contributed by atoms with E-state index in [4.69, 9.17) is 21.1 Å². The van der Waals surface area contributed by atoms with Crippen molar-refractivity contribution in [2.45, 2.75) is 26.4 Å². The Balaban J connectivity index is 1.29. The largest absolute Gasteiger partial charge is 0.454 e. The Morgan fingerprint density at radius 2 is 1.86 bits per heavy atom. The van der Waals surface area contributed by atoms with Crippen LogP contribution in [0.1, 0.15) is 18.1 Å². The maximum Gasteiger partial charge on any atom is 0.282 e. The number of fused-ring (bicyclic) bond motifs is 1. The molecule has 6 nitrogen and oxygen atoms in total. The number of carbonyl (C=O) groups is 1. The Hall–Kier alpha value is -2.28. The molecule has 2 aliphatic rings. The van der Waals surface area contributed by atoms with Crippen LogP contribution in [0, 0.1) is 6.92 Å². The molecule has 2 aromatic rings. The minimum atomic E-state index is -0.0968. The van der Waals surface area contributed by atoms with Crippen molar-refractivity contribution in [2.24, 2.45) is 0 Å². The zero-order valence-electron chi connectivity index (χ0n) is 16.9. The molecule has 2 aromatic carbocycles. The van der Waals surface area contributed by atoms with Crippen molar-refractivity contribution in [1.29, 1.82) is 0 Å². The summed E-state index contributed by atoms with van der Waals surface area (Å²) >= 11 is 6.07. The van der Waals surface area contributed by atoms with E-state index in [2.05, 4.69) is 17.4 Å². The fourth-order valence-electron chi connectivity index (χ4n) is 4.03. The van der Waals surface area contributed by atoms with E-state index in [1.54, 1.807) is 0 Å². The first kappa shape index (κ1) is 20.0. The Morgan fingerprint density at radius 1 is 1.10 bits per heavy atom. The van der Waals surface area contributed by atoms with E-state index in [0.717, 1.165) is 55.5 Å². The van der Waals surface area contributed by atoms with Crippen LogP contribution in [0.15, 0.2) is 36.4 Å². The monoisotopic (exact) mass is 417 g/mol. The molecule has 0 radical (unpaired) electrons. The third-order valence-electron chi connectivity index (χ3n) is 5.95. The molecule has 29 heavy (non-hydrogen) atoms. The third-order valence-corrected chi connectivity index (χ3v) is 6.19. The van der Waals surface area contributed by atoms with Gasteiger partial charge in [0.2, 0.25) is 6.79 Å². The van der Waals surface area contributed by atoms with Gasteiger partial charge in [-0.2, -0.15) is 0 Å². The average molecular weight is 418 g/mol. The molecule has 7 heteroatoms. The molecule has 0 bridgehead atoms. The summed E-state index contributed by atoms with van der Waals surface area (Å²) in [5, 5.41) is 3.68.